The molecule has 2 amide bonds. The molecule has 0 spiro atoms. The van der Waals surface area contributed by atoms with Crippen LogP contribution in [0.1, 0.15) is 24.2 Å². The van der Waals surface area contributed by atoms with Gasteiger partial charge in [-0.1, -0.05) is 17.8 Å². The van der Waals surface area contributed by atoms with E-state index < -0.39 is 22.6 Å². The summed E-state index contributed by atoms with van der Waals surface area (Å²) in [4.78, 5) is 52.9. The second-order valence-corrected chi connectivity index (χ2v) is 12.7. The average Bonchev–Trinajstić information content (AvgIpc) is 3.39. The maximum atomic E-state index is 12.8. The van der Waals surface area contributed by atoms with Crippen LogP contribution in [0.2, 0.25) is 0 Å². The quantitative estimate of drug-likeness (QED) is 0.0542. The highest BCUT2D eigenvalue weighted by Gasteiger charge is 2.25. The zero-order valence-corrected chi connectivity index (χ0v) is 29.9. The van der Waals surface area contributed by atoms with Gasteiger partial charge < -0.3 is 38.6 Å². The number of benzene rings is 2. The topological polar surface area (TPSA) is 194 Å². The summed E-state index contributed by atoms with van der Waals surface area (Å²) < 4.78 is 54.2. The summed E-state index contributed by atoms with van der Waals surface area (Å²) >= 11 is 1.49. The van der Waals surface area contributed by atoms with Crippen molar-refractivity contribution >= 4 is 62.7 Å². The normalized spacial score (nSPS) is 12.9. The summed E-state index contributed by atoms with van der Waals surface area (Å²) in [7, 11) is 1.38. The first-order valence-corrected chi connectivity index (χ1v) is 17.1. The Morgan fingerprint density at radius 1 is 1.06 bits per heavy atom. The van der Waals surface area contributed by atoms with E-state index in [-0.39, 0.29) is 38.1 Å². The number of anilines is 1. The molecule has 0 radical (unpaired) electrons. The molecule has 1 aliphatic rings. The number of fused-ring (bicyclic) bond motifs is 2. The van der Waals surface area contributed by atoms with E-state index in [1.54, 1.807) is 68.3 Å². The highest BCUT2D eigenvalue weighted by atomic mass is 32.3. The zero-order chi connectivity index (χ0) is 37.0. The fraction of sp³-hybridized carbons (Fsp3) is 0.344. The Morgan fingerprint density at radius 2 is 1.78 bits per heavy atom. The van der Waals surface area contributed by atoms with Gasteiger partial charge in [0.2, 0.25) is 15.9 Å². The summed E-state index contributed by atoms with van der Waals surface area (Å²) in [6.07, 6.45) is 1.89. The fourth-order valence-corrected chi connectivity index (χ4v) is 5.55. The molecule has 16 nitrogen and oxygen atoms in total. The zero-order valence-electron chi connectivity index (χ0n) is 28.3. The molecule has 1 aromatic heterocycles. The van der Waals surface area contributed by atoms with Crippen molar-refractivity contribution in [3.05, 3.63) is 65.3 Å². The number of hydrogen-bond donors (Lipinski definition) is 1. The molecule has 18 heteroatoms. The molecule has 4 rings (SSSR count). The van der Waals surface area contributed by atoms with Crippen molar-refractivity contribution in [2.45, 2.75) is 18.7 Å². The Kier molecular flexibility index (Phi) is 14.5. The lowest BCUT2D eigenvalue weighted by molar-refractivity contribution is -0.645. The van der Waals surface area contributed by atoms with Crippen LogP contribution < -0.4 is 24.3 Å². The maximum Gasteiger partial charge on any atom is 0.513 e. The van der Waals surface area contributed by atoms with Gasteiger partial charge in [-0.05, 0) is 38.1 Å². The third-order valence-corrected chi connectivity index (χ3v) is 8.13. The number of ketones is 1. The molecule has 2 aromatic carbocycles. The van der Waals surface area contributed by atoms with Crippen molar-refractivity contribution in [2.75, 3.05) is 59.0 Å². The molecule has 0 fully saturated rings. The number of pyridine rings is 1. The molecule has 1 N–H and O–H groups in total. The number of aromatic nitrogens is 1. The molecule has 0 atom stereocenters. The second kappa shape index (κ2) is 18.3. The standard InChI is InChI=1S/C31H34N4O8S.CH4O4S/c1-6-35-25-18-22(10-11-27(25)44-28(35)16-20(2)36)42-31(39)41-15-14-40-13-12-32-29(37)21-17-23-24(34(5)19-21)8-7-9-26(23)43-30(38)33(3)4;1-5-6(2,3)4/h7-11,16-19H,6,12-15H2,1-5H3;1H3,(H,2,3,4)/b28-16-;. The lowest BCUT2D eigenvalue weighted by atomic mass is 10.1. The fourth-order valence-electron chi connectivity index (χ4n) is 4.36. The van der Waals surface area contributed by atoms with E-state index >= 15 is 0 Å². The number of carbonyl (C=O) groups is 4. The Balaban J connectivity index is 0.00000103. The number of allylic oxidation sites excluding steroid dienone is 1. The van der Waals surface area contributed by atoms with Gasteiger partial charge >= 0.3 is 12.2 Å². The van der Waals surface area contributed by atoms with Gasteiger partial charge in [-0.3, -0.25) is 13.8 Å². The number of rotatable bonds is 12. The minimum absolute atomic E-state index is 0.0326. The molecule has 270 valence electrons. The van der Waals surface area contributed by atoms with Crippen LogP contribution in [0, 0.1) is 0 Å². The van der Waals surface area contributed by atoms with Gasteiger partial charge in [0.05, 0.1) is 36.4 Å². The number of nitrogens with one attached hydrogen (secondary N) is 1. The smallest absolute Gasteiger partial charge is 0.513 e. The first-order chi connectivity index (χ1) is 23.6. The van der Waals surface area contributed by atoms with E-state index in [2.05, 4.69) is 9.50 Å². The van der Waals surface area contributed by atoms with Crippen LogP contribution in [-0.2, 0) is 35.9 Å². The highest BCUT2D eigenvalue weighted by molar-refractivity contribution is 8.03. The number of ether oxygens (including phenoxy) is 4. The molecule has 0 bridgehead atoms. The minimum Gasteiger partial charge on any atom is -0.726 e. The molecule has 3 aromatic rings. The number of hydrogen-bond acceptors (Lipinski definition) is 14. The van der Waals surface area contributed by atoms with Crippen molar-refractivity contribution in [2.24, 2.45) is 7.05 Å². The Hall–Kier alpha value is -4.75. The third-order valence-electron chi connectivity index (χ3n) is 6.61. The van der Waals surface area contributed by atoms with Gasteiger partial charge in [0.25, 0.3) is 5.91 Å². The highest BCUT2D eigenvalue weighted by Crippen LogP contribution is 2.47. The number of nitrogens with zero attached hydrogens (tertiary/aromatic N) is 3. The molecule has 50 heavy (non-hydrogen) atoms. The summed E-state index contributed by atoms with van der Waals surface area (Å²) in [5.41, 5.74) is 2.03. The Bertz CT molecular complexity index is 1870. The van der Waals surface area contributed by atoms with E-state index in [0.717, 1.165) is 28.2 Å². The van der Waals surface area contributed by atoms with Crippen LogP contribution in [0.5, 0.6) is 11.5 Å². The van der Waals surface area contributed by atoms with Gasteiger partial charge in [-0.15, -0.1) is 0 Å². The van der Waals surface area contributed by atoms with Gasteiger partial charge in [0.1, 0.15) is 30.7 Å². The van der Waals surface area contributed by atoms with Crippen molar-refractivity contribution in [1.82, 2.24) is 10.2 Å². The molecular weight excluding hydrogens is 697 g/mol. The summed E-state index contributed by atoms with van der Waals surface area (Å²) in [6, 6.07) is 12.2. The number of amides is 2. The van der Waals surface area contributed by atoms with E-state index in [1.165, 1.54) is 23.6 Å². The lowest BCUT2D eigenvalue weighted by Crippen LogP contribution is -2.34. The van der Waals surface area contributed by atoms with Gasteiger partial charge in [0, 0.05) is 50.3 Å². The predicted molar refractivity (Wildman–Crippen MR) is 181 cm³/mol. The lowest BCUT2D eigenvalue weighted by Gasteiger charge is -2.18. The second-order valence-electron chi connectivity index (χ2n) is 10.5. The number of carbonyl (C=O) groups excluding carboxylic acids is 4. The van der Waals surface area contributed by atoms with E-state index in [1.807, 2.05) is 24.0 Å². The Morgan fingerprint density at radius 3 is 2.42 bits per heavy atom. The van der Waals surface area contributed by atoms with Crippen molar-refractivity contribution in [3.63, 3.8) is 0 Å². The van der Waals surface area contributed by atoms with Crippen LogP contribution in [-0.4, -0.2) is 95.9 Å². The molecule has 0 unspecified atom stereocenters. The molecule has 2 heterocycles. The van der Waals surface area contributed by atoms with Gasteiger partial charge in [0.15, 0.2) is 12.0 Å². The number of aryl methyl sites for hydroxylation is 1. The van der Waals surface area contributed by atoms with Crippen molar-refractivity contribution < 1.29 is 59.8 Å². The van der Waals surface area contributed by atoms with Crippen LogP contribution >= 0.6 is 11.8 Å². The van der Waals surface area contributed by atoms with Crippen LogP contribution in [0.15, 0.2) is 64.7 Å². The minimum atomic E-state index is -4.41. The number of thioether (sulfide) groups is 1. The molecule has 1 aliphatic heterocycles. The monoisotopic (exact) mass is 734 g/mol. The van der Waals surface area contributed by atoms with Crippen LogP contribution in [0.3, 0.4) is 0 Å². The third kappa shape index (κ3) is 11.7. The molecule has 0 saturated carbocycles. The van der Waals surface area contributed by atoms with Crippen molar-refractivity contribution in [1.29, 1.82) is 0 Å². The largest absolute Gasteiger partial charge is 0.726 e. The van der Waals surface area contributed by atoms with E-state index in [9.17, 15) is 32.1 Å². The van der Waals surface area contributed by atoms with Crippen LogP contribution in [0.25, 0.3) is 10.9 Å². The average molecular weight is 735 g/mol. The van der Waals surface area contributed by atoms with Crippen LogP contribution in [0.4, 0.5) is 15.3 Å². The summed E-state index contributed by atoms with van der Waals surface area (Å²) in [6.45, 7) is 4.63. The maximum absolute atomic E-state index is 12.8. The van der Waals surface area contributed by atoms with Gasteiger partial charge in [-0.2, -0.15) is 0 Å². The summed E-state index contributed by atoms with van der Waals surface area (Å²) in [5, 5.41) is 4.23. The first kappa shape index (κ1) is 39.7. The Labute approximate surface area is 293 Å². The first-order valence-electron chi connectivity index (χ1n) is 15.0. The molecule has 0 aliphatic carbocycles. The summed E-state index contributed by atoms with van der Waals surface area (Å²) in [5.74, 6) is 0.313. The molecule has 0 saturated heterocycles. The van der Waals surface area contributed by atoms with Gasteiger partial charge in [-0.25, -0.2) is 22.6 Å². The predicted octanol–water partition coefficient (Wildman–Crippen LogP) is 3.14. The van der Waals surface area contributed by atoms with Crippen molar-refractivity contribution in [3.8, 4) is 11.5 Å². The molecular formula is C32H38N4O12S2. The van der Waals surface area contributed by atoms with E-state index in [0.29, 0.717) is 29.0 Å². The SMILES string of the molecule is CCN1/C(=C/C(C)=O)Sc2ccc(OC(=O)OCCOCCNC(=O)c3cc4c(OC(=O)N(C)C)cccc4[n+](C)c3)cc21.COS(=O)(=O)[O-]. The van der Waals surface area contributed by atoms with E-state index in [4.69, 9.17) is 18.9 Å².